The fourth-order valence-corrected chi connectivity index (χ4v) is 5.21. The first-order valence-corrected chi connectivity index (χ1v) is 8.38. The summed E-state index contributed by atoms with van der Waals surface area (Å²) in [6.45, 7) is 1.95. The molecule has 1 aliphatic carbocycles. The minimum Gasteiger partial charge on any atom is -0.504 e. The zero-order chi connectivity index (χ0) is 16.2. The number of phenols is 1. The van der Waals surface area contributed by atoms with Gasteiger partial charge in [-0.3, -0.25) is 4.90 Å². The number of phenolic OH excluding ortho intramolecular Hbond substituents is 1. The third-order valence-electron chi connectivity index (χ3n) is 6.25. The van der Waals surface area contributed by atoms with Crippen LogP contribution in [-0.2, 0) is 16.7 Å². The van der Waals surface area contributed by atoms with Crippen molar-refractivity contribution in [2.75, 3.05) is 27.9 Å². The second kappa shape index (κ2) is 5.28. The largest absolute Gasteiger partial charge is 0.504 e. The molecular weight excluding hydrogens is 294 g/mol. The molecule has 5 heteroatoms. The Hall–Kier alpha value is -1.46. The smallest absolute Gasteiger partial charge is 0.203 e. The van der Waals surface area contributed by atoms with Crippen LogP contribution < -0.4 is 9.47 Å². The SMILES string of the molecule is COc1cc2c(c(O)c1OC)[C@@]13CC[C@@H](OC)C[C@@H]1N(CC3)C2. The number of ether oxygens (including phenoxy) is 3. The van der Waals surface area contributed by atoms with E-state index in [-0.39, 0.29) is 11.2 Å². The Kier molecular flexibility index (Phi) is 3.46. The molecule has 0 amide bonds. The second-order valence-electron chi connectivity index (χ2n) is 7.02. The molecule has 1 N–H and O–H groups in total. The van der Waals surface area contributed by atoms with Crippen LogP contribution >= 0.6 is 0 Å². The molecule has 0 radical (unpaired) electrons. The van der Waals surface area contributed by atoms with Crippen LogP contribution in [0.3, 0.4) is 0 Å². The van der Waals surface area contributed by atoms with Crippen molar-refractivity contribution < 1.29 is 19.3 Å². The Balaban J connectivity index is 1.87. The molecule has 4 atom stereocenters. The quantitative estimate of drug-likeness (QED) is 0.927. The van der Waals surface area contributed by atoms with E-state index >= 15 is 0 Å². The molecule has 1 saturated heterocycles. The van der Waals surface area contributed by atoms with Gasteiger partial charge in [-0.15, -0.1) is 0 Å². The summed E-state index contributed by atoms with van der Waals surface area (Å²) < 4.78 is 16.5. The van der Waals surface area contributed by atoms with Crippen LogP contribution in [0.1, 0.15) is 36.8 Å². The van der Waals surface area contributed by atoms with Gasteiger partial charge in [-0.05, 0) is 43.9 Å². The monoisotopic (exact) mass is 319 g/mol. The summed E-state index contributed by atoms with van der Waals surface area (Å²) in [5.41, 5.74) is 2.32. The lowest BCUT2D eigenvalue weighted by molar-refractivity contribution is 0.00848. The van der Waals surface area contributed by atoms with Crippen LogP contribution in [0.2, 0.25) is 0 Å². The minimum atomic E-state index is 0.0340. The summed E-state index contributed by atoms with van der Waals surface area (Å²) in [4.78, 5) is 2.55. The maximum Gasteiger partial charge on any atom is 0.203 e. The van der Waals surface area contributed by atoms with E-state index in [1.54, 1.807) is 14.2 Å². The highest BCUT2D eigenvalue weighted by atomic mass is 16.5. The Morgan fingerprint density at radius 1 is 1.22 bits per heavy atom. The van der Waals surface area contributed by atoms with Gasteiger partial charge in [-0.2, -0.15) is 0 Å². The van der Waals surface area contributed by atoms with Gasteiger partial charge in [-0.25, -0.2) is 0 Å². The van der Waals surface area contributed by atoms with Crippen molar-refractivity contribution >= 4 is 0 Å². The number of methoxy groups -OCH3 is 3. The highest BCUT2D eigenvalue weighted by Gasteiger charge is 2.56. The normalized spacial score (nSPS) is 34.7. The molecule has 4 rings (SSSR count). The van der Waals surface area contributed by atoms with Gasteiger partial charge in [0.25, 0.3) is 0 Å². The van der Waals surface area contributed by atoms with Gasteiger partial charge in [0.2, 0.25) is 5.75 Å². The zero-order valence-electron chi connectivity index (χ0n) is 14.1. The van der Waals surface area contributed by atoms with Crippen molar-refractivity contribution in [3.05, 3.63) is 17.2 Å². The molecule has 1 aromatic rings. The molecule has 2 fully saturated rings. The molecule has 2 aliphatic heterocycles. The number of hydrogen-bond acceptors (Lipinski definition) is 5. The van der Waals surface area contributed by atoms with Gasteiger partial charge in [0.1, 0.15) is 0 Å². The number of fused-ring (bicyclic) bond motifs is 1. The topological polar surface area (TPSA) is 51.2 Å². The van der Waals surface area contributed by atoms with E-state index in [9.17, 15) is 5.11 Å². The van der Waals surface area contributed by atoms with E-state index in [2.05, 4.69) is 4.90 Å². The summed E-state index contributed by atoms with van der Waals surface area (Å²) in [5.74, 6) is 1.36. The summed E-state index contributed by atoms with van der Waals surface area (Å²) in [6.07, 6.45) is 4.59. The summed E-state index contributed by atoms with van der Waals surface area (Å²) in [6, 6.07) is 2.50. The highest BCUT2D eigenvalue weighted by Crippen LogP contribution is 2.58. The van der Waals surface area contributed by atoms with Gasteiger partial charge >= 0.3 is 0 Å². The first kappa shape index (κ1) is 15.1. The third kappa shape index (κ3) is 1.93. The zero-order valence-corrected chi connectivity index (χ0v) is 14.1. The first-order valence-electron chi connectivity index (χ1n) is 8.38. The molecule has 2 heterocycles. The average Bonchev–Trinajstić information content (AvgIpc) is 2.84. The molecule has 2 bridgehead atoms. The van der Waals surface area contributed by atoms with Crippen molar-refractivity contribution in [3.8, 4) is 17.2 Å². The van der Waals surface area contributed by atoms with E-state index in [0.29, 0.717) is 23.6 Å². The number of hydrogen-bond donors (Lipinski definition) is 1. The van der Waals surface area contributed by atoms with Gasteiger partial charge < -0.3 is 19.3 Å². The Morgan fingerprint density at radius 3 is 2.74 bits per heavy atom. The maximum absolute atomic E-state index is 11.0. The van der Waals surface area contributed by atoms with E-state index in [0.717, 1.165) is 44.3 Å². The van der Waals surface area contributed by atoms with Crippen molar-refractivity contribution in [1.29, 1.82) is 0 Å². The molecule has 3 aliphatic rings. The highest BCUT2D eigenvalue weighted by molar-refractivity contribution is 5.62. The van der Waals surface area contributed by atoms with Crippen LogP contribution in [0.15, 0.2) is 6.07 Å². The standard InChI is InChI=1S/C18H25NO4/c1-21-12-4-5-18-6-7-19(14(18)9-12)10-11-8-13(22-2)17(23-3)16(20)15(11)18/h8,12,14,20H,4-7,9-10H2,1-3H3/t12-,14+,18-/m1/s1. The molecule has 1 aromatic carbocycles. The van der Waals surface area contributed by atoms with E-state index in [1.165, 1.54) is 5.56 Å². The summed E-state index contributed by atoms with van der Waals surface area (Å²) in [5, 5.41) is 11.0. The van der Waals surface area contributed by atoms with Crippen LogP contribution in [0, 0.1) is 0 Å². The minimum absolute atomic E-state index is 0.0340. The molecule has 0 aromatic heterocycles. The van der Waals surface area contributed by atoms with Gasteiger partial charge in [0, 0.05) is 30.7 Å². The molecule has 23 heavy (non-hydrogen) atoms. The predicted molar refractivity (Wildman–Crippen MR) is 86.4 cm³/mol. The molecule has 1 saturated carbocycles. The lowest BCUT2D eigenvalue weighted by atomic mass is 9.62. The average molecular weight is 319 g/mol. The number of benzene rings is 1. The Bertz CT molecular complexity index is 632. The predicted octanol–water partition coefficient (Wildman–Crippen LogP) is 2.43. The lowest BCUT2D eigenvalue weighted by Gasteiger charge is -2.49. The van der Waals surface area contributed by atoms with Crippen LogP contribution in [-0.4, -0.2) is 50.0 Å². The van der Waals surface area contributed by atoms with Crippen LogP contribution in [0.4, 0.5) is 0 Å². The molecule has 0 spiro atoms. The maximum atomic E-state index is 11.0. The van der Waals surface area contributed by atoms with Crippen LogP contribution in [0.5, 0.6) is 17.2 Å². The van der Waals surface area contributed by atoms with Crippen molar-refractivity contribution in [2.24, 2.45) is 0 Å². The van der Waals surface area contributed by atoms with E-state index in [1.807, 2.05) is 13.2 Å². The van der Waals surface area contributed by atoms with Gasteiger partial charge in [0.15, 0.2) is 11.5 Å². The number of nitrogens with zero attached hydrogens (tertiary/aromatic N) is 1. The van der Waals surface area contributed by atoms with Crippen molar-refractivity contribution in [2.45, 2.75) is 49.8 Å². The van der Waals surface area contributed by atoms with Gasteiger partial charge in [0.05, 0.1) is 20.3 Å². The Morgan fingerprint density at radius 2 is 2.04 bits per heavy atom. The van der Waals surface area contributed by atoms with E-state index < -0.39 is 0 Å². The number of aromatic hydroxyl groups is 1. The lowest BCUT2D eigenvalue weighted by Crippen LogP contribution is -2.51. The molecular formula is C18H25NO4. The van der Waals surface area contributed by atoms with Crippen molar-refractivity contribution in [1.82, 2.24) is 4.90 Å². The van der Waals surface area contributed by atoms with Crippen LogP contribution in [0.25, 0.3) is 0 Å². The fraction of sp³-hybridized carbons (Fsp3) is 0.667. The van der Waals surface area contributed by atoms with Crippen molar-refractivity contribution in [3.63, 3.8) is 0 Å². The Labute approximate surface area is 137 Å². The van der Waals surface area contributed by atoms with Gasteiger partial charge in [-0.1, -0.05) is 0 Å². The molecule has 5 nitrogen and oxygen atoms in total. The second-order valence-corrected chi connectivity index (χ2v) is 7.02. The third-order valence-corrected chi connectivity index (χ3v) is 6.25. The summed E-state index contributed by atoms with van der Waals surface area (Å²) >= 11 is 0. The number of rotatable bonds is 3. The molecule has 1 unspecified atom stereocenters. The van der Waals surface area contributed by atoms with E-state index in [4.69, 9.17) is 14.2 Å². The first-order chi connectivity index (χ1) is 11.1. The summed E-state index contributed by atoms with van der Waals surface area (Å²) in [7, 11) is 5.01. The molecule has 126 valence electrons. The fourth-order valence-electron chi connectivity index (χ4n) is 5.21.